The largest absolute Gasteiger partial charge is 0.382 e. The van der Waals surface area contributed by atoms with E-state index in [9.17, 15) is 0 Å². The third kappa shape index (κ3) is 1.58. The van der Waals surface area contributed by atoms with Gasteiger partial charge < -0.3 is 15.6 Å². The molecule has 0 saturated carbocycles. The van der Waals surface area contributed by atoms with Crippen molar-refractivity contribution in [1.82, 2.24) is 19.5 Å². The first kappa shape index (κ1) is 9.70. The minimum Gasteiger partial charge on any atom is -0.382 e. The van der Waals surface area contributed by atoms with Crippen LogP contribution in [0.25, 0.3) is 11.2 Å². The Bertz CT molecular complexity index is 475. The highest BCUT2D eigenvalue weighted by Crippen LogP contribution is 2.17. The monoisotopic (exact) mass is 206 g/mol. The predicted molar refractivity (Wildman–Crippen MR) is 59.6 cm³/mol. The summed E-state index contributed by atoms with van der Waals surface area (Å²) in [5, 5.41) is 3.04. The van der Waals surface area contributed by atoms with E-state index in [1.54, 1.807) is 6.33 Å². The third-order valence-electron chi connectivity index (χ3n) is 2.17. The van der Waals surface area contributed by atoms with E-state index in [2.05, 4.69) is 20.3 Å². The summed E-state index contributed by atoms with van der Waals surface area (Å²) >= 11 is 0. The van der Waals surface area contributed by atoms with Crippen molar-refractivity contribution in [1.29, 1.82) is 0 Å². The molecule has 0 fully saturated rings. The Hall–Kier alpha value is -1.85. The van der Waals surface area contributed by atoms with E-state index in [0.29, 0.717) is 17.3 Å². The Morgan fingerprint density at radius 3 is 2.87 bits per heavy atom. The van der Waals surface area contributed by atoms with Crippen molar-refractivity contribution in [3.8, 4) is 0 Å². The first-order valence-electron chi connectivity index (χ1n) is 4.98. The Morgan fingerprint density at radius 2 is 2.20 bits per heavy atom. The average molecular weight is 206 g/mol. The molecule has 2 aromatic heterocycles. The van der Waals surface area contributed by atoms with Gasteiger partial charge in [0.25, 0.3) is 0 Å². The van der Waals surface area contributed by atoms with Gasteiger partial charge in [-0.1, -0.05) is 0 Å². The highest BCUT2D eigenvalue weighted by Gasteiger charge is 2.09. The molecular weight excluding hydrogens is 192 g/mol. The Balaban J connectivity index is 2.60. The zero-order valence-electron chi connectivity index (χ0n) is 8.86. The summed E-state index contributed by atoms with van der Waals surface area (Å²) in [7, 11) is 0. The number of aryl methyl sites for hydroxylation is 1. The number of nitrogen functional groups attached to an aromatic ring is 1. The van der Waals surface area contributed by atoms with Crippen molar-refractivity contribution in [2.45, 2.75) is 20.4 Å². The molecule has 0 aliphatic heterocycles. The fraction of sp³-hybridized carbons (Fsp3) is 0.444. The van der Waals surface area contributed by atoms with Crippen molar-refractivity contribution in [3.63, 3.8) is 0 Å². The van der Waals surface area contributed by atoms with Gasteiger partial charge in [-0.3, -0.25) is 0 Å². The fourth-order valence-electron chi connectivity index (χ4n) is 1.43. The second kappa shape index (κ2) is 3.72. The normalized spacial score (nSPS) is 10.8. The zero-order chi connectivity index (χ0) is 10.8. The lowest BCUT2D eigenvalue weighted by Crippen LogP contribution is -2.06. The van der Waals surface area contributed by atoms with E-state index in [4.69, 9.17) is 5.73 Å². The molecule has 0 radical (unpaired) electrons. The van der Waals surface area contributed by atoms with E-state index in [1.165, 1.54) is 0 Å². The molecule has 2 aromatic rings. The molecule has 0 aliphatic carbocycles. The van der Waals surface area contributed by atoms with Crippen LogP contribution in [0.1, 0.15) is 13.8 Å². The smallest absolute Gasteiger partial charge is 0.226 e. The first-order valence-corrected chi connectivity index (χ1v) is 4.98. The Morgan fingerprint density at radius 1 is 1.40 bits per heavy atom. The number of rotatable bonds is 3. The van der Waals surface area contributed by atoms with E-state index in [-0.39, 0.29) is 0 Å². The van der Waals surface area contributed by atoms with Crippen LogP contribution in [-0.4, -0.2) is 26.1 Å². The summed E-state index contributed by atoms with van der Waals surface area (Å²) in [5.74, 6) is 0.973. The lowest BCUT2D eigenvalue weighted by molar-refractivity contribution is 0.777. The van der Waals surface area contributed by atoms with Gasteiger partial charge in [0, 0.05) is 13.1 Å². The van der Waals surface area contributed by atoms with E-state index in [1.807, 2.05) is 18.4 Å². The van der Waals surface area contributed by atoms with Crippen LogP contribution in [0.15, 0.2) is 6.33 Å². The van der Waals surface area contributed by atoms with Crippen LogP contribution >= 0.6 is 0 Å². The summed E-state index contributed by atoms with van der Waals surface area (Å²) in [5.41, 5.74) is 7.23. The van der Waals surface area contributed by atoms with E-state index >= 15 is 0 Å². The number of nitrogens with zero attached hydrogens (tertiary/aromatic N) is 4. The maximum Gasteiger partial charge on any atom is 0.226 e. The molecule has 15 heavy (non-hydrogen) atoms. The van der Waals surface area contributed by atoms with E-state index in [0.717, 1.165) is 18.7 Å². The molecule has 0 aliphatic rings. The van der Waals surface area contributed by atoms with Gasteiger partial charge in [0.15, 0.2) is 11.5 Å². The molecule has 80 valence electrons. The second-order valence-corrected chi connectivity index (χ2v) is 3.17. The van der Waals surface area contributed by atoms with Crippen LogP contribution < -0.4 is 11.1 Å². The summed E-state index contributed by atoms with van der Waals surface area (Å²) in [6.07, 6.45) is 1.73. The number of nitrogens with one attached hydrogen (secondary N) is 1. The molecule has 6 nitrogen and oxygen atoms in total. The van der Waals surface area contributed by atoms with Crippen LogP contribution in [0.5, 0.6) is 0 Å². The number of hydrogen-bond acceptors (Lipinski definition) is 5. The fourth-order valence-corrected chi connectivity index (χ4v) is 1.43. The standard InChI is InChI=1S/C9H14N6/c1-3-11-9-13-7(10)6-8(14-9)15(4-2)5-12-6/h5H,3-4H2,1-2H3,(H3,10,11,13,14). The van der Waals surface area contributed by atoms with Crippen LogP contribution in [0.4, 0.5) is 11.8 Å². The quantitative estimate of drug-likeness (QED) is 0.778. The van der Waals surface area contributed by atoms with Gasteiger partial charge in [-0.05, 0) is 13.8 Å². The van der Waals surface area contributed by atoms with Gasteiger partial charge in [-0.15, -0.1) is 0 Å². The van der Waals surface area contributed by atoms with Gasteiger partial charge in [0.05, 0.1) is 6.33 Å². The summed E-state index contributed by atoms with van der Waals surface area (Å²) in [4.78, 5) is 12.6. The molecule has 3 N–H and O–H groups in total. The van der Waals surface area contributed by atoms with Gasteiger partial charge in [0.1, 0.15) is 5.52 Å². The number of imidazole rings is 1. The highest BCUT2D eigenvalue weighted by atomic mass is 15.2. The molecule has 0 aromatic carbocycles. The average Bonchev–Trinajstić information content (AvgIpc) is 2.61. The minimum absolute atomic E-state index is 0.420. The number of hydrogen-bond donors (Lipinski definition) is 2. The summed E-state index contributed by atoms with van der Waals surface area (Å²) < 4.78 is 1.94. The van der Waals surface area contributed by atoms with Gasteiger partial charge >= 0.3 is 0 Å². The molecule has 0 amide bonds. The van der Waals surface area contributed by atoms with Crippen molar-refractivity contribution in [3.05, 3.63) is 6.33 Å². The molecule has 0 unspecified atom stereocenters. The number of fused-ring (bicyclic) bond motifs is 1. The molecule has 0 spiro atoms. The third-order valence-corrected chi connectivity index (χ3v) is 2.17. The molecular formula is C9H14N6. The SMILES string of the molecule is CCNc1nc(N)c2ncn(CC)c2n1. The van der Waals surface area contributed by atoms with Crippen LogP contribution in [-0.2, 0) is 6.54 Å². The van der Waals surface area contributed by atoms with Crippen molar-refractivity contribution >= 4 is 22.9 Å². The molecule has 2 rings (SSSR count). The number of anilines is 2. The van der Waals surface area contributed by atoms with E-state index < -0.39 is 0 Å². The van der Waals surface area contributed by atoms with Gasteiger partial charge in [-0.2, -0.15) is 9.97 Å². The molecule has 6 heteroatoms. The van der Waals surface area contributed by atoms with Crippen LogP contribution in [0.2, 0.25) is 0 Å². The second-order valence-electron chi connectivity index (χ2n) is 3.17. The summed E-state index contributed by atoms with van der Waals surface area (Å²) in [6.45, 7) is 5.61. The first-order chi connectivity index (χ1) is 7.26. The Labute approximate surface area is 87.5 Å². The lowest BCUT2D eigenvalue weighted by Gasteiger charge is -2.04. The maximum atomic E-state index is 5.79. The molecule has 0 bridgehead atoms. The lowest BCUT2D eigenvalue weighted by atomic mass is 10.5. The minimum atomic E-state index is 0.420. The van der Waals surface area contributed by atoms with Crippen molar-refractivity contribution < 1.29 is 0 Å². The van der Waals surface area contributed by atoms with Crippen molar-refractivity contribution in [2.75, 3.05) is 17.6 Å². The number of nitrogens with two attached hydrogens (primary N) is 1. The number of aromatic nitrogens is 4. The van der Waals surface area contributed by atoms with Gasteiger partial charge in [-0.25, -0.2) is 4.98 Å². The predicted octanol–water partition coefficient (Wildman–Crippen LogP) is 0.860. The zero-order valence-corrected chi connectivity index (χ0v) is 8.86. The Kier molecular flexibility index (Phi) is 2.40. The summed E-state index contributed by atoms with van der Waals surface area (Å²) in [6, 6.07) is 0. The highest BCUT2D eigenvalue weighted by molar-refractivity contribution is 5.82. The topological polar surface area (TPSA) is 81.6 Å². The molecule has 0 saturated heterocycles. The maximum absolute atomic E-state index is 5.79. The van der Waals surface area contributed by atoms with Gasteiger partial charge in [0.2, 0.25) is 5.95 Å². The molecule has 0 atom stereocenters. The molecule has 2 heterocycles. The van der Waals surface area contributed by atoms with Crippen LogP contribution in [0.3, 0.4) is 0 Å². The van der Waals surface area contributed by atoms with Crippen molar-refractivity contribution in [2.24, 2.45) is 0 Å². The van der Waals surface area contributed by atoms with Crippen LogP contribution in [0, 0.1) is 0 Å².